The van der Waals surface area contributed by atoms with Gasteiger partial charge >= 0.3 is 6.18 Å². The number of alkyl halides is 3. The first kappa shape index (κ1) is 18.5. The summed E-state index contributed by atoms with van der Waals surface area (Å²) in [5, 5.41) is 0. The van der Waals surface area contributed by atoms with E-state index in [1.807, 2.05) is 17.0 Å². The number of halogens is 4. The molecule has 0 N–H and O–H groups in total. The third-order valence-corrected chi connectivity index (χ3v) is 4.72. The van der Waals surface area contributed by atoms with E-state index in [-0.39, 0.29) is 12.1 Å². The van der Waals surface area contributed by atoms with Crippen molar-refractivity contribution in [2.75, 3.05) is 6.54 Å². The van der Waals surface area contributed by atoms with Crippen LogP contribution in [0.3, 0.4) is 0 Å². The number of aromatic nitrogens is 3. The summed E-state index contributed by atoms with van der Waals surface area (Å²) in [5.41, 5.74) is 1.87. The van der Waals surface area contributed by atoms with Crippen LogP contribution in [0.1, 0.15) is 22.4 Å². The molecule has 0 aliphatic carbocycles. The molecule has 0 unspecified atom stereocenters. The highest BCUT2D eigenvalue weighted by atomic mass is 19.4. The summed E-state index contributed by atoms with van der Waals surface area (Å²) in [4.78, 5) is 14.9. The lowest BCUT2D eigenvalue weighted by Gasteiger charge is -2.28. The second-order valence-electron chi connectivity index (χ2n) is 6.67. The Morgan fingerprint density at radius 2 is 1.86 bits per heavy atom. The van der Waals surface area contributed by atoms with Crippen LogP contribution in [0.5, 0.6) is 0 Å². The fourth-order valence-corrected chi connectivity index (χ4v) is 3.26. The summed E-state index contributed by atoms with van der Waals surface area (Å²) in [6.45, 7) is 1.14. The van der Waals surface area contributed by atoms with Gasteiger partial charge < -0.3 is 0 Å². The minimum Gasteiger partial charge on any atom is -0.294 e. The van der Waals surface area contributed by atoms with Gasteiger partial charge in [-0.15, -0.1) is 0 Å². The van der Waals surface area contributed by atoms with Gasteiger partial charge in [-0.3, -0.25) is 9.88 Å². The van der Waals surface area contributed by atoms with Gasteiger partial charge in [-0.1, -0.05) is 0 Å². The first-order valence-corrected chi connectivity index (χ1v) is 8.73. The van der Waals surface area contributed by atoms with Crippen molar-refractivity contribution in [1.29, 1.82) is 0 Å². The third-order valence-electron chi connectivity index (χ3n) is 4.72. The molecule has 0 saturated carbocycles. The number of hydrogen-bond acceptors (Lipinski definition) is 4. The molecule has 0 amide bonds. The van der Waals surface area contributed by atoms with Crippen molar-refractivity contribution >= 4 is 0 Å². The summed E-state index contributed by atoms with van der Waals surface area (Å²) in [7, 11) is 0. The number of pyridine rings is 1. The maximum absolute atomic E-state index is 14.0. The predicted molar refractivity (Wildman–Crippen MR) is 94.5 cm³/mol. The Balaban J connectivity index is 1.52. The van der Waals surface area contributed by atoms with Gasteiger partial charge in [0.15, 0.2) is 5.82 Å². The molecule has 1 aliphatic rings. The molecule has 3 heterocycles. The number of benzene rings is 1. The lowest BCUT2D eigenvalue weighted by molar-refractivity contribution is -0.137. The molecule has 1 aromatic carbocycles. The first-order chi connectivity index (χ1) is 13.4. The highest BCUT2D eigenvalue weighted by molar-refractivity contribution is 5.54. The number of fused-ring (bicyclic) bond motifs is 1. The van der Waals surface area contributed by atoms with E-state index in [2.05, 4.69) is 15.0 Å². The van der Waals surface area contributed by atoms with E-state index in [9.17, 15) is 17.6 Å². The molecule has 4 rings (SSSR count). The summed E-state index contributed by atoms with van der Waals surface area (Å²) in [6, 6.07) is 6.17. The van der Waals surface area contributed by atoms with Crippen LogP contribution in [-0.4, -0.2) is 26.4 Å². The van der Waals surface area contributed by atoms with Gasteiger partial charge in [-0.2, -0.15) is 13.2 Å². The Hall–Kier alpha value is -2.87. The Morgan fingerprint density at radius 3 is 2.61 bits per heavy atom. The monoisotopic (exact) mass is 388 g/mol. The third kappa shape index (κ3) is 3.87. The van der Waals surface area contributed by atoms with Crippen molar-refractivity contribution < 1.29 is 17.6 Å². The van der Waals surface area contributed by atoms with Crippen molar-refractivity contribution in [2.45, 2.75) is 25.7 Å². The lowest BCUT2D eigenvalue weighted by atomic mass is 10.0. The molecular weight excluding hydrogens is 372 g/mol. The van der Waals surface area contributed by atoms with Crippen molar-refractivity contribution in [1.82, 2.24) is 19.9 Å². The zero-order valence-corrected chi connectivity index (χ0v) is 14.7. The number of hydrogen-bond donors (Lipinski definition) is 0. The van der Waals surface area contributed by atoms with E-state index in [0.717, 1.165) is 35.0 Å². The van der Waals surface area contributed by atoms with E-state index < -0.39 is 17.6 Å². The van der Waals surface area contributed by atoms with Crippen molar-refractivity contribution in [3.8, 4) is 11.4 Å². The molecule has 28 heavy (non-hydrogen) atoms. The van der Waals surface area contributed by atoms with Gasteiger partial charge in [0, 0.05) is 61.3 Å². The minimum atomic E-state index is -4.49. The van der Waals surface area contributed by atoms with Crippen molar-refractivity contribution in [3.05, 3.63) is 77.1 Å². The van der Waals surface area contributed by atoms with Gasteiger partial charge in [-0.25, -0.2) is 14.4 Å². The SMILES string of the molecule is Fc1ccc(C(F)(F)F)cc1CN1CCc2nc(-c3ccncc3)ncc2C1. The van der Waals surface area contributed by atoms with Crippen LogP contribution in [0.15, 0.2) is 48.9 Å². The van der Waals surface area contributed by atoms with E-state index in [1.54, 1.807) is 18.6 Å². The van der Waals surface area contributed by atoms with Crippen molar-refractivity contribution in [3.63, 3.8) is 0 Å². The first-order valence-electron chi connectivity index (χ1n) is 8.73. The van der Waals surface area contributed by atoms with E-state index >= 15 is 0 Å². The molecule has 3 aromatic rings. The van der Waals surface area contributed by atoms with Crippen LogP contribution in [0, 0.1) is 5.82 Å². The zero-order chi connectivity index (χ0) is 19.7. The van der Waals surface area contributed by atoms with E-state index in [4.69, 9.17) is 0 Å². The molecule has 0 fully saturated rings. The minimum absolute atomic E-state index is 0.0348. The van der Waals surface area contributed by atoms with E-state index in [1.165, 1.54) is 0 Å². The zero-order valence-electron chi connectivity index (χ0n) is 14.7. The highest BCUT2D eigenvalue weighted by Crippen LogP contribution is 2.31. The van der Waals surface area contributed by atoms with Gasteiger partial charge in [0.2, 0.25) is 0 Å². The molecule has 0 spiro atoms. The molecule has 0 saturated heterocycles. The molecule has 144 valence electrons. The fourth-order valence-electron chi connectivity index (χ4n) is 3.26. The summed E-state index contributed by atoms with van der Waals surface area (Å²) >= 11 is 0. The Kier molecular flexibility index (Phi) is 4.80. The maximum Gasteiger partial charge on any atom is 0.416 e. The Labute approximate surface area is 158 Å². The lowest BCUT2D eigenvalue weighted by Crippen LogP contribution is -2.31. The predicted octanol–water partition coefficient (Wildman–Crippen LogP) is 4.25. The topological polar surface area (TPSA) is 41.9 Å². The molecule has 8 heteroatoms. The van der Waals surface area contributed by atoms with Gasteiger partial charge in [0.1, 0.15) is 5.82 Å². The Bertz CT molecular complexity index is 989. The van der Waals surface area contributed by atoms with Crippen LogP contribution in [0.4, 0.5) is 17.6 Å². The molecular formula is C20H16F4N4. The average Bonchev–Trinajstić information content (AvgIpc) is 2.69. The second-order valence-corrected chi connectivity index (χ2v) is 6.67. The summed E-state index contributed by atoms with van der Waals surface area (Å²) in [5.74, 6) is -0.0263. The fraction of sp³-hybridized carbons (Fsp3) is 0.250. The van der Waals surface area contributed by atoms with Crippen molar-refractivity contribution in [2.24, 2.45) is 0 Å². The number of rotatable bonds is 3. The summed E-state index contributed by atoms with van der Waals surface area (Å²) < 4.78 is 52.7. The van der Waals surface area contributed by atoms with Gasteiger partial charge in [-0.05, 0) is 30.3 Å². The molecule has 0 atom stereocenters. The van der Waals surface area contributed by atoms with Crippen LogP contribution in [0.25, 0.3) is 11.4 Å². The van der Waals surface area contributed by atoms with Crippen LogP contribution in [0.2, 0.25) is 0 Å². The number of nitrogens with zero attached hydrogens (tertiary/aromatic N) is 4. The quantitative estimate of drug-likeness (QED) is 0.629. The maximum atomic E-state index is 14.0. The van der Waals surface area contributed by atoms with Crippen LogP contribution >= 0.6 is 0 Å². The normalized spacial score (nSPS) is 14.7. The summed E-state index contributed by atoms with van der Waals surface area (Å²) in [6.07, 6.45) is 1.20. The standard InChI is InChI=1S/C20H16F4N4/c21-17-2-1-16(20(22,23)24)9-14(17)11-28-8-5-18-15(12-28)10-26-19(27-18)13-3-6-25-7-4-13/h1-4,6-7,9-10H,5,8,11-12H2. The van der Waals surface area contributed by atoms with Gasteiger partial charge in [0.25, 0.3) is 0 Å². The molecule has 4 nitrogen and oxygen atoms in total. The molecule has 1 aliphatic heterocycles. The molecule has 2 aromatic heterocycles. The van der Waals surface area contributed by atoms with E-state index in [0.29, 0.717) is 25.3 Å². The van der Waals surface area contributed by atoms with Crippen LogP contribution < -0.4 is 0 Å². The average molecular weight is 388 g/mol. The molecule has 0 radical (unpaired) electrons. The molecule has 0 bridgehead atoms. The largest absolute Gasteiger partial charge is 0.416 e. The smallest absolute Gasteiger partial charge is 0.294 e. The van der Waals surface area contributed by atoms with Gasteiger partial charge in [0.05, 0.1) is 11.3 Å². The second kappa shape index (κ2) is 7.27. The Morgan fingerprint density at radius 1 is 1.07 bits per heavy atom. The van der Waals surface area contributed by atoms with Crippen LogP contribution in [-0.2, 0) is 25.7 Å². The highest BCUT2D eigenvalue weighted by Gasteiger charge is 2.31.